The number of amides is 6. The van der Waals surface area contributed by atoms with Crippen molar-refractivity contribution in [3.05, 3.63) is 123 Å². The summed E-state index contributed by atoms with van der Waals surface area (Å²) in [6.45, 7) is 12.2. The third-order valence-electron chi connectivity index (χ3n) is 19.8. The number of hydrogen-bond donors (Lipinski definition) is 5. The average molecular weight is 1290 g/mol. The number of benzene rings is 3. The van der Waals surface area contributed by atoms with Gasteiger partial charge < -0.3 is 41.1 Å². The number of anilines is 5. The summed E-state index contributed by atoms with van der Waals surface area (Å²) in [7, 11) is 0. The third-order valence-corrected chi connectivity index (χ3v) is 21.0. The third kappa shape index (κ3) is 15.0. The summed E-state index contributed by atoms with van der Waals surface area (Å²) in [5, 5.41) is 20.5. The lowest BCUT2D eigenvalue weighted by atomic mass is 9.81. The normalized spacial score (nSPS) is 20.7. The van der Waals surface area contributed by atoms with Gasteiger partial charge in [-0.3, -0.25) is 39.0 Å². The number of hydrogen-bond acceptors (Lipinski definition) is 17. The Hall–Kier alpha value is -7.93. The predicted molar refractivity (Wildman–Crippen MR) is 350 cm³/mol. The maximum absolute atomic E-state index is 14.4. The summed E-state index contributed by atoms with van der Waals surface area (Å²) in [4.78, 5) is 108. The van der Waals surface area contributed by atoms with E-state index in [9.17, 15) is 47.0 Å². The summed E-state index contributed by atoms with van der Waals surface area (Å²) < 4.78 is 41.1. The largest absolute Gasteiger partial charge is 0.433 e. The van der Waals surface area contributed by atoms with Crippen LogP contribution in [0.15, 0.2) is 79.0 Å². The van der Waals surface area contributed by atoms with Crippen LogP contribution in [0.25, 0.3) is 10.2 Å². The van der Waals surface area contributed by atoms with E-state index in [1.54, 1.807) is 38.2 Å². The topological polar surface area (TPSA) is 253 Å². The van der Waals surface area contributed by atoms with Gasteiger partial charge in [0, 0.05) is 62.0 Å². The smallest absolute Gasteiger partial charge is 0.386 e. The number of piperidine rings is 4. The summed E-state index contributed by atoms with van der Waals surface area (Å²) in [5.41, 5.74) is 7.60. The van der Waals surface area contributed by atoms with Crippen molar-refractivity contribution in [1.82, 2.24) is 40.0 Å². The minimum Gasteiger partial charge on any atom is -0.386 e. The van der Waals surface area contributed by atoms with Gasteiger partial charge in [0.1, 0.15) is 23.2 Å². The van der Waals surface area contributed by atoms with Crippen molar-refractivity contribution in [1.29, 1.82) is 0 Å². The summed E-state index contributed by atoms with van der Waals surface area (Å²) in [6.07, 6.45) is 11.4. The Labute approximate surface area is 543 Å². The molecule has 5 aliphatic heterocycles. The van der Waals surface area contributed by atoms with E-state index in [4.69, 9.17) is 15.7 Å². The number of primary amides is 1. The number of alkyl halides is 3. The highest BCUT2D eigenvalue weighted by Crippen LogP contribution is 2.43. The van der Waals surface area contributed by atoms with Gasteiger partial charge in [0.2, 0.25) is 11.8 Å². The van der Waals surface area contributed by atoms with Crippen LogP contribution in [0.3, 0.4) is 0 Å². The molecule has 1 atom stereocenters. The van der Waals surface area contributed by atoms with Gasteiger partial charge >= 0.3 is 6.18 Å². The Morgan fingerprint density at radius 1 is 0.774 bits per heavy atom. The van der Waals surface area contributed by atoms with Gasteiger partial charge in [-0.25, -0.2) is 19.9 Å². The SMILES string of the molecule is CC(C)(O)c1cc2nc([C@H]3CC[C@H](CN4CCC(CCN(CCCCN5CCC(c6ccc(Nc7nc(N8CCCCC8)cnc7C(N)=O)cc6)CC5)c5cccc6c5C(=O)N(C5CCC(=O)NC5=O)C6=O)CC4)CC3)sc2cc1NC(=O)c1cccc(C(F)(F)F)n1. The predicted octanol–water partition coefficient (Wildman–Crippen LogP) is 10.8. The van der Waals surface area contributed by atoms with Crippen LogP contribution in [0.5, 0.6) is 0 Å². The zero-order chi connectivity index (χ0) is 65.1. The first kappa shape index (κ1) is 65.1. The lowest BCUT2D eigenvalue weighted by molar-refractivity contribution is -0.141. The van der Waals surface area contributed by atoms with Gasteiger partial charge in [0.15, 0.2) is 11.5 Å². The fraction of sp³-hybridized carbons (Fsp3) is 0.507. The van der Waals surface area contributed by atoms with Crippen molar-refractivity contribution in [3.8, 4) is 0 Å². The number of nitrogens with two attached hydrogens (primary N) is 1. The zero-order valence-corrected chi connectivity index (χ0v) is 53.6. The molecule has 1 aliphatic carbocycles. The molecule has 3 aromatic carbocycles. The first-order valence-electron chi connectivity index (χ1n) is 33.1. The number of unbranched alkanes of at least 4 members (excludes halogenated alkanes) is 1. The molecule has 24 heteroatoms. The Balaban J connectivity index is 0.635. The number of rotatable bonds is 21. The van der Waals surface area contributed by atoms with Crippen LogP contribution in [-0.4, -0.2) is 147 Å². The number of nitrogens with zero attached hydrogens (tertiary/aromatic N) is 9. The molecule has 0 bridgehead atoms. The number of aliphatic hydroxyl groups is 1. The van der Waals surface area contributed by atoms with E-state index in [0.29, 0.717) is 59.0 Å². The molecular weight excluding hydrogens is 1210 g/mol. The summed E-state index contributed by atoms with van der Waals surface area (Å²) in [6, 6.07) is 19.4. The number of fused-ring (bicyclic) bond motifs is 2. The molecule has 0 spiro atoms. The minimum absolute atomic E-state index is 0.0462. The number of thiazole rings is 1. The van der Waals surface area contributed by atoms with Crippen LogP contribution in [0.4, 0.5) is 41.9 Å². The van der Waals surface area contributed by atoms with E-state index in [1.807, 2.05) is 24.3 Å². The lowest BCUT2D eigenvalue weighted by Crippen LogP contribution is -2.54. The molecule has 6 aliphatic rings. The highest BCUT2D eigenvalue weighted by atomic mass is 32.1. The Bertz CT molecular complexity index is 3750. The van der Waals surface area contributed by atoms with Crippen LogP contribution in [-0.2, 0) is 21.4 Å². The fourth-order valence-corrected chi connectivity index (χ4v) is 15.7. The molecule has 20 nitrogen and oxygen atoms in total. The van der Waals surface area contributed by atoms with Crippen molar-refractivity contribution in [2.75, 3.05) is 85.9 Å². The van der Waals surface area contributed by atoms with Crippen LogP contribution in [0.2, 0.25) is 0 Å². The van der Waals surface area contributed by atoms with Gasteiger partial charge in [-0.1, -0.05) is 24.3 Å². The summed E-state index contributed by atoms with van der Waals surface area (Å²) >= 11 is 1.54. The standard InChI is InChI=1S/C69H82F3N13O7S/c1-68(2,92)49-38-52-55(39-51(49)77-63(88)50-11-9-13-56(76-50)69(70,71)72)93-65(78-52)46-16-14-43(15-17-46)41-82-33-24-42(25-34-82)26-37-83(53-12-8-10-48-59(53)67(91)85(66(48)90)54-22-23-58(86)80-64(54)89)30-7-6-29-81-35-27-45(28-36-81)44-18-20-47(21-19-44)75-62-60(61(73)87)74-40-57(79-62)84-31-4-3-5-32-84/h8-13,18-21,38-40,42-43,45-46,54,92H,3-7,14-17,22-37,41H2,1-2H3,(H2,73,87)(H,75,79)(H,77,88)(H,80,86,89)/t43-,46-,54?. The molecule has 5 fully saturated rings. The van der Waals surface area contributed by atoms with E-state index in [-0.39, 0.29) is 35.7 Å². The average Bonchev–Trinajstić information content (AvgIpc) is 1.63. The van der Waals surface area contributed by atoms with Crippen LogP contribution >= 0.6 is 11.3 Å². The number of halogens is 3. The second kappa shape index (κ2) is 28.0. The van der Waals surface area contributed by atoms with Gasteiger partial charge in [-0.2, -0.15) is 13.2 Å². The van der Waals surface area contributed by atoms with E-state index in [0.717, 1.165) is 174 Å². The molecule has 492 valence electrons. The van der Waals surface area contributed by atoms with Crippen molar-refractivity contribution in [2.45, 2.75) is 146 Å². The summed E-state index contributed by atoms with van der Waals surface area (Å²) in [5.74, 6) is -0.753. The molecular formula is C69H82F3N13O7S. The van der Waals surface area contributed by atoms with Crippen molar-refractivity contribution in [2.24, 2.45) is 17.6 Å². The maximum Gasteiger partial charge on any atom is 0.433 e. The lowest BCUT2D eigenvalue weighted by Gasteiger charge is -2.37. The molecule has 6 N–H and O–H groups in total. The maximum atomic E-state index is 14.4. The number of carbonyl (C=O) groups excluding carboxylic acids is 6. The molecule has 4 saturated heterocycles. The molecule has 0 radical (unpaired) electrons. The molecule has 1 saturated carbocycles. The first-order valence-corrected chi connectivity index (χ1v) is 33.9. The number of carbonyl (C=O) groups is 6. The van der Waals surface area contributed by atoms with Gasteiger partial charge in [-0.15, -0.1) is 11.3 Å². The molecule has 6 aromatic rings. The van der Waals surface area contributed by atoms with E-state index >= 15 is 0 Å². The van der Waals surface area contributed by atoms with Gasteiger partial charge in [-0.05, 0) is 215 Å². The van der Waals surface area contributed by atoms with Crippen LogP contribution in [0.1, 0.15) is 192 Å². The molecule has 93 heavy (non-hydrogen) atoms. The number of imide groups is 2. The van der Waals surface area contributed by atoms with Crippen molar-refractivity contribution < 1.29 is 47.0 Å². The second-order valence-corrected chi connectivity index (χ2v) is 27.7. The number of pyridine rings is 1. The monoisotopic (exact) mass is 1290 g/mol. The van der Waals surface area contributed by atoms with Crippen LogP contribution < -0.4 is 31.5 Å². The number of aromatic nitrogens is 4. The van der Waals surface area contributed by atoms with Crippen molar-refractivity contribution in [3.63, 3.8) is 0 Å². The Kier molecular flexibility index (Phi) is 19.6. The quantitative estimate of drug-likeness (QED) is 0.0332. The second-order valence-electron chi connectivity index (χ2n) is 26.6. The fourth-order valence-electron chi connectivity index (χ4n) is 14.6. The molecule has 3 aromatic heterocycles. The highest BCUT2D eigenvalue weighted by molar-refractivity contribution is 7.18. The number of nitrogens with one attached hydrogen (secondary N) is 3. The molecule has 12 rings (SSSR count). The van der Waals surface area contributed by atoms with Gasteiger partial charge in [0.05, 0.1) is 43.8 Å². The Morgan fingerprint density at radius 2 is 1.51 bits per heavy atom. The van der Waals surface area contributed by atoms with E-state index in [1.165, 1.54) is 29.4 Å². The number of likely N-dealkylation sites (tertiary alicyclic amines) is 2. The first-order chi connectivity index (χ1) is 44.7. The van der Waals surface area contributed by atoms with Crippen LogP contribution in [0, 0.1) is 11.8 Å². The van der Waals surface area contributed by atoms with Gasteiger partial charge in [0.25, 0.3) is 23.6 Å². The molecule has 6 amide bonds. The van der Waals surface area contributed by atoms with E-state index < -0.39 is 64.7 Å². The molecule has 8 heterocycles. The van der Waals surface area contributed by atoms with Crippen molar-refractivity contribution >= 4 is 85.7 Å². The Morgan fingerprint density at radius 3 is 2.22 bits per heavy atom. The highest BCUT2D eigenvalue weighted by Gasteiger charge is 2.46. The van der Waals surface area contributed by atoms with E-state index in [2.05, 4.69) is 57.7 Å². The zero-order valence-electron chi connectivity index (χ0n) is 52.8. The minimum atomic E-state index is -4.71. The molecule has 1 unspecified atom stereocenters.